The lowest BCUT2D eigenvalue weighted by molar-refractivity contribution is -0.121. The van der Waals surface area contributed by atoms with Gasteiger partial charge in [-0.3, -0.25) is 9.59 Å². The summed E-state index contributed by atoms with van der Waals surface area (Å²) in [6.45, 7) is 1.71. The van der Waals surface area contributed by atoms with Crippen LogP contribution >= 0.6 is 11.3 Å². The van der Waals surface area contributed by atoms with Gasteiger partial charge in [-0.15, -0.1) is 11.3 Å². The molecular weight excluding hydrogens is 278 g/mol. The zero-order chi connectivity index (χ0) is 14.5. The molecule has 1 fully saturated rings. The number of hydrogen-bond donors (Lipinski definition) is 3. The molecule has 7 heteroatoms. The second kappa shape index (κ2) is 6.83. The van der Waals surface area contributed by atoms with E-state index in [1.54, 1.807) is 19.2 Å². The van der Waals surface area contributed by atoms with Crippen molar-refractivity contribution in [2.24, 2.45) is 5.92 Å². The fourth-order valence-electron chi connectivity index (χ4n) is 2.10. The van der Waals surface area contributed by atoms with Gasteiger partial charge in [-0.1, -0.05) is 6.07 Å². The number of β-amino-alcohol motifs (C(OH)–C–C–N with tert-alkyl or cyclic N) is 1. The maximum atomic E-state index is 12.0. The zero-order valence-electron chi connectivity index (χ0n) is 11.3. The number of nitrogens with zero attached hydrogens (tertiary/aromatic N) is 1. The summed E-state index contributed by atoms with van der Waals surface area (Å²) in [4.78, 5) is 25.8. The van der Waals surface area contributed by atoms with Gasteiger partial charge >= 0.3 is 0 Å². The van der Waals surface area contributed by atoms with Crippen LogP contribution in [-0.4, -0.2) is 61.2 Å². The van der Waals surface area contributed by atoms with E-state index in [2.05, 4.69) is 10.6 Å². The minimum atomic E-state index is -0.416. The first-order valence-electron chi connectivity index (χ1n) is 6.52. The van der Waals surface area contributed by atoms with Gasteiger partial charge in [0.15, 0.2) is 0 Å². The number of hydrogen-bond acceptors (Lipinski definition) is 5. The van der Waals surface area contributed by atoms with Crippen molar-refractivity contribution in [2.45, 2.75) is 6.10 Å². The van der Waals surface area contributed by atoms with Crippen LogP contribution in [0.1, 0.15) is 9.67 Å². The second-order valence-corrected chi connectivity index (χ2v) is 5.88. The molecule has 1 aliphatic rings. The van der Waals surface area contributed by atoms with E-state index in [1.165, 1.54) is 16.2 Å². The number of rotatable bonds is 5. The quantitative estimate of drug-likeness (QED) is 0.685. The lowest BCUT2D eigenvalue weighted by atomic mass is 10.1. The van der Waals surface area contributed by atoms with Crippen molar-refractivity contribution in [1.29, 1.82) is 0 Å². The Morgan fingerprint density at radius 2 is 2.35 bits per heavy atom. The molecule has 6 nitrogen and oxygen atoms in total. The van der Waals surface area contributed by atoms with Crippen LogP contribution in [0.25, 0.3) is 0 Å². The summed E-state index contributed by atoms with van der Waals surface area (Å²) in [7, 11) is 1.60. The van der Waals surface area contributed by atoms with Gasteiger partial charge in [0.2, 0.25) is 5.91 Å². The fourth-order valence-corrected chi connectivity index (χ4v) is 2.82. The predicted molar refractivity (Wildman–Crippen MR) is 76.7 cm³/mol. The average molecular weight is 297 g/mol. The minimum absolute atomic E-state index is 0.0208. The molecule has 2 heterocycles. The molecule has 1 aromatic heterocycles. The summed E-state index contributed by atoms with van der Waals surface area (Å²) in [5.74, 6) is -0.327. The van der Waals surface area contributed by atoms with Crippen molar-refractivity contribution in [1.82, 2.24) is 15.5 Å². The van der Waals surface area contributed by atoms with Crippen LogP contribution < -0.4 is 10.6 Å². The van der Waals surface area contributed by atoms with Gasteiger partial charge in [-0.25, -0.2) is 0 Å². The maximum absolute atomic E-state index is 12.0. The molecule has 2 amide bonds. The molecule has 0 saturated carbocycles. The summed E-state index contributed by atoms with van der Waals surface area (Å²) in [6.07, 6.45) is -0.416. The first kappa shape index (κ1) is 15.0. The Morgan fingerprint density at radius 1 is 1.55 bits per heavy atom. The maximum Gasteiger partial charge on any atom is 0.264 e. The third-order valence-corrected chi connectivity index (χ3v) is 4.18. The topological polar surface area (TPSA) is 81.7 Å². The molecule has 3 N–H and O–H groups in total. The van der Waals surface area contributed by atoms with Crippen molar-refractivity contribution in [3.63, 3.8) is 0 Å². The smallest absolute Gasteiger partial charge is 0.264 e. The van der Waals surface area contributed by atoms with E-state index >= 15 is 0 Å². The molecule has 0 aliphatic carbocycles. The number of carbonyl (C=O) groups is 2. The zero-order valence-corrected chi connectivity index (χ0v) is 12.2. The van der Waals surface area contributed by atoms with Crippen molar-refractivity contribution >= 4 is 23.2 Å². The SMILES string of the molecule is CN(CC(=O)NCC1CNCC1O)C(=O)c1cccs1. The van der Waals surface area contributed by atoms with E-state index in [0.717, 1.165) is 0 Å². The molecule has 0 bridgehead atoms. The predicted octanol–water partition coefficient (Wildman–Crippen LogP) is -0.483. The lowest BCUT2D eigenvalue weighted by Crippen LogP contribution is -2.41. The highest BCUT2D eigenvalue weighted by atomic mass is 32.1. The van der Waals surface area contributed by atoms with Gasteiger partial charge in [0.05, 0.1) is 17.5 Å². The van der Waals surface area contributed by atoms with Gasteiger partial charge in [-0.05, 0) is 11.4 Å². The standard InChI is InChI=1S/C13H19N3O3S/c1-16(13(19)11-3-2-4-20-11)8-12(18)15-6-9-5-14-7-10(9)17/h2-4,9-10,14,17H,5-8H2,1H3,(H,15,18). The van der Waals surface area contributed by atoms with Gasteiger partial charge in [-0.2, -0.15) is 0 Å². The number of nitrogens with one attached hydrogen (secondary N) is 2. The molecule has 2 atom stereocenters. The van der Waals surface area contributed by atoms with Gasteiger partial charge in [0.25, 0.3) is 5.91 Å². The molecule has 2 rings (SSSR count). The molecule has 0 spiro atoms. The van der Waals surface area contributed by atoms with Crippen molar-refractivity contribution in [3.8, 4) is 0 Å². The number of thiophene rings is 1. The van der Waals surface area contributed by atoms with Crippen LogP contribution in [0.5, 0.6) is 0 Å². The van der Waals surface area contributed by atoms with E-state index in [0.29, 0.717) is 24.5 Å². The van der Waals surface area contributed by atoms with E-state index in [4.69, 9.17) is 0 Å². The van der Waals surface area contributed by atoms with E-state index in [-0.39, 0.29) is 24.3 Å². The molecule has 0 radical (unpaired) electrons. The Balaban J connectivity index is 1.75. The summed E-state index contributed by atoms with van der Waals surface area (Å²) in [5, 5.41) is 17.3. The van der Waals surface area contributed by atoms with Crippen LogP contribution in [0.15, 0.2) is 17.5 Å². The van der Waals surface area contributed by atoms with Gasteiger partial charge in [0.1, 0.15) is 0 Å². The Hall–Kier alpha value is -1.44. The molecule has 1 aromatic rings. The highest BCUT2D eigenvalue weighted by Crippen LogP contribution is 2.11. The Bertz CT molecular complexity index is 463. The number of amides is 2. The van der Waals surface area contributed by atoms with Crippen molar-refractivity contribution < 1.29 is 14.7 Å². The van der Waals surface area contributed by atoms with Gasteiger partial charge < -0.3 is 20.6 Å². The average Bonchev–Trinajstić information content (AvgIpc) is 3.06. The molecular formula is C13H19N3O3S. The third kappa shape index (κ3) is 3.78. The van der Waals surface area contributed by atoms with Crippen molar-refractivity contribution in [2.75, 3.05) is 33.2 Å². The molecule has 110 valence electrons. The summed E-state index contributed by atoms with van der Waals surface area (Å²) >= 11 is 1.36. The van der Waals surface area contributed by atoms with Crippen LogP contribution in [0, 0.1) is 5.92 Å². The second-order valence-electron chi connectivity index (χ2n) is 4.93. The summed E-state index contributed by atoms with van der Waals surface area (Å²) in [6, 6.07) is 3.54. The molecule has 1 aliphatic heterocycles. The molecule has 0 aromatic carbocycles. The Morgan fingerprint density at radius 3 is 2.95 bits per heavy atom. The van der Waals surface area contributed by atoms with Gasteiger partial charge in [0, 0.05) is 32.6 Å². The molecule has 1 saturated heterocycles. The molecule has 20 heavy (non-hydrogen) atoms. The van der Waals surface area contributed by atoms with Crippen LogP contribution in [0.2, 0.25) is 0 Å². The van der Waals surface area contributed by atoms with E-state index in [1.807, 2.05) is 5.38 Å². The van der Waals surface area contributed by atoms with Crippen LogP contribution in [0.3, 0.4) is 0 Å². The van der Waals surface area contributed by atoms with Crippen LogP contribution in [-0.2, 0) is 4.79 Å². The molecule has 2 unspecified atom stereocenters. The minimum Gasteiger partial charge on any atom is -0.391 e. The normalized spacial score (nSPS) is 21.7. The summed E-state index contributed by atoms with van der Waals surface area (Å²) in [5.41, 5.74) is 0. The van der Waals surface area contributed by atoms with E-state index < -0.39 is 6.10 Å². The number of carbonyl (C=O) groups excluding carboxylic acids is 2. The highest BCUT2D eigenvalue weighted by molar-refractivity contribution is 7.12. The van der Waals surface area contributed by atoms with E-state index in [9.17, 15) is 14.7 Å². The third-order valence-electron chi connectivity index (χ3n) is 3.33. The number of aliphatic hydroxyl groups excluding tert-OH is 1. The fraction of sp³-hybridized carbons (Fsp3) is 0.538. The van der Waals surface area contributed by atoms with Crippen LogP contribution in [0.4, 0.5) is 0 Å². The highest BCUT2D eigenvalue weighted by Gasteiger charge is 2.25. The Labute approximate surface area is 121 Å². The number of aliphatic hydroxyl groups is 1. The first-order valence-corrected chi connectivity index (χ1v) is 7.40. The Kier molecular flexibility index (Phi) is 5.11. The summed E-state index contributed by atoms with van der Waals surface area (Å²) < 4.78 is 0. The van der Waals surface area contributed by atoms with Crippen molar-refractivity contribution in [3.05, 3.63) is 22.4 Å². The first-order chi connectivity index (χ1) is 9.58. The number of likely N-dealkylation sites (N-methyl/N-ethyl adjacent to an activating group) is 1. The monoisotopic (exact) mass is 297 g/mol. The lowest BCUT2D eigenvalue weighted by Gasteiger charge is -2.18. The largest absolute Gasteiger partial charge is 0.391 e.